The van der Waals surface area contributed by atoms with E-state index < -0.39 is 10.0 Å². The van der Waals surface area contributed by atoms with Crippen LogP contribution in [-0.4, -0.2) is 37.3 Å². The second-order valence-electron chi connectivity index (χ2n) is 5.14. The van der Waals surface area contributed by atoms with Gasteiger partial charge in [-0.3, -0.25) is 0 Å². The standard InChI is InChI=1S/C11H17ClN4O2S.ClH/c1-11(6-13)2-3-16(7-11)19(17,18)9-4-8(12)5-15-10(9)14;/h4-5H,2-3,6-7,13H2,1H3,(H2,14,15);1H. The van der Waals surface area contributed by atoms with Crippen molar-refractivity contribution in [3.05, 3.63) is 17.3 Å². The molecule has 1 fully saturated rings. The smallest absolute Gasteiger partial charge is 0.246 e. The molecular weight excluding hydrogens is 323 g/mol. The average molecular weight is 341 g/mol. The molecule has 20 heavy (non-hydrogen) atoms. The minimum absolute atomic E-state index is 0. The van der Waals surface area contributed by atoms with E-state index in [1.54, 1.807) is 0 Å². The Morgan fingerprint density at radius 2 is 2.20 bits per heavy atom. The first-order valence-electron chi connectivity index (χ1n) is 5.90. The van der Waals surface area contributed by atoms with Crippen molar-refractivity contribution < 1.29 is 8.42 Å². The van der Waals surface area contributed by atoms with Crippen molar-refractivity contribution in [2.75, 3.05) is 25.4 Å². The van der Waals surface area contributed by atoms with Crippen molar-refractivity contribution in [3.8, 4) is 0 Å². The summed E-state index contributed by atoms with van der Waals surface area (Å²) in [5, 5.41) is 0.244. The minimum atomic E-state index is -3.67. The van der Waals surface area contributed by atoms with Crippen molar-refractivity contribution in [2.24, 2.45) is 11.1 Å². The number of nitrogens with two attached hydrogens (primary N) is 2. The normalized spacial score (nSPS) is 23.6. The molecule has 0 aromatic carbocycles. The summed E-state index contributed by atoms with van der Waals surface area (Å²) in [5.41, 5.74) is 11.1. The molecule has 1 unspecified atom stereocenters. The Kier molecular flexibility index (Phi) is 5.26. The van der Waals surface area contributed by atoms with Crippen LogP contribution < -0.4 is 11.5 Å². The van der Waals surface area contributed by atoms with E-state index in [4.69, 9.17) is 23.1 Å². The molecule has 6 nitrogen and oxygen atoms in total. The summed E-state index contributed by atoms with van der Waals surface area (Å²) >= 11 is 5.79. The van der Waals surface area contributed by atoms with Crippen LogP contribution in [0.15, 0.2) is 17.2 Å². The Morgan fingerprint density at radius 3 is 2.75 bits per heavy atom. The van der Waals surface area contributed by atoms with E-state index in [1.807, 2.05) is 6.92 Å². The van der Waals surface area contributed by atoms with Crippen LogP contribution in [0.4, 0.5) is 5.82 Å². The van der Waals surface area contributed by atoms with Crippen LogP contribution in [0.3, 0.4) is 0 Å². The summed E-state index contributed by atoms with van der Waals surface area (Å²) in [7, 11) is -3.67. The Morgan fingerprint density at radius 1 is 1.55 bits per heavy atom. The number of hydrogen-bond acceptors (Lipinski definition) is 5. The number of nitrogen functional groups attached to an aromatic ring is 1. The highest BCUT2D eigenvalue weighted by Crippen LogP contribution is 2.34. The number of halogens is 2. The summed E-state index contributed by atoms with van der Waals surface area (Å²) in [6.07, 6.45) is 2.06. The number of rotatable bonds is 3. The van der Waals surface area contributed by atoms with E-state index in [1.165, 1.54) is 16.6 Å². The number of anilines is 1. The first-order chi connectivity index (χ1) is 8.78. The van der Waals surface area contributed by atoms with Crippen LogP contribution in [0.5, 0.6) is 0 Å². The van der Waals surface area contributed by atoms with Gasteiger partial charge in [-0.25, -0.2) is 13.4 Å². The van der Waals surface area contributed by atoms with Gasteiger partial charge in [-0.2, -0.15) is 4.31 Å². The fourth-order valence-electron chi connectivity index (χ4n) is 2.13. The fourth-order valence-corrected chi connectivity index (χ4v) is 4.03. The van der Waals surface area contributed by atoms with Gasteiger partial charge >= 0.3 is 0 Å². The van der Waals surface area contributed by atoms with Crippen LogP contribution in [-0.2, 0) is 10.0 Å². The first kappa shape index (κ1) is 17.5. The highest BCUT2D eigenvalue weighted by atomic mass is 35.5. The number of hydrogen-bond donors (Lipinski definition) is 2. The van der Waals surface area contributed by atoms with Gasteiger partial charge in [0.15, 0.2) is 0 Å². The Labute approximate surface area is 129 Å². The van der Waals surface area contributed by atoms with Crippen LogP contribution in [0.1, 0.15) is 13.3 Å². The number of nitrogens with zero attached hydrogens (tertiary/aromatic N) is 2. The molecule has 1 aliphatic rings. The summed E-state index contributed by atoms with van der Waals surface area (Å²) in [4.78, 5) is 3.75. The van der Waals surface area contributed by atoms with Gasteiger partial charge in [0, 0.05) is 19.3 Å². The Bertz CT molecular complexity index is 596. The molecule has 1 saturated heterocycles. The van der Waals surface area contributed by atoms with Crippen molar-refractivity contribution in [3.63, 3.8) is 0 Å². The molecule has 1 aromatic rings. The molecule has 1 aliphatic heterocycles. The first-order valence-corrected chi connectivity index (χ1v) is 7.71. The second kappa shape index (κ2) is 6.03. The highest BCUT2D eigenvalue weighted by Gasteiger charge is 2.39. The van der Waals surface area contributed by atoms with Crippen LogP contribution in [0.25, 0.3) is 0 Å². The van der Waals surface area contributed by atoms with Crippen molar-refractivity contribution in [1.82, 2.24) is 9.29 Å². The third-order valence-electron chi connectivity index (χ3n) is 3.48. The van der Waals surface area contributed by atoms with Gasteiger partial charge in [0.1, 0.15) is 10.7 Å². The number of aromatic nitrogens is 1. The molecule has 4 N–H and O–H groups in total. The van der Waals surface area contributed by atoms with Crippen molar-refractivity contribution in [1.29, 1.82) is 0 Å². The van der Waals surface area contributed by atoms with E-state index in [2.05, 4.69) is 4.98 Å². The molecular formula is C11H18Cl2N4O2S. The molecule has 2 rings (SSSR count). The Hall–Kier alpha value is -0.600. The van der Waals surface area contributed by atoms with Gasteiger partial charge in [0.05, 0.1) is 5.02 Å². The maximum absolute atomic E-state index is 12.5. The topological polar surface area (TPSA) is 102 Å². The van der Waals surface area contributed by atoms with E-state index in [0.29, 0.717) is 19.6 Å². The largest absolute Gasteiger partial charge is 0.383 e. The van der Waals surface area contributed by atoms with Crippen LogP contribution >= 0.6 is 24.0 Å². The van der Waals surface area contributed by atoms with Crippen molar-refractivity contribution in [2.45, 2.75) is 18.2 Å². The maximum Gasteiger partial charge on any atom is 0.246 e. The summed E-state index contributed by atoms with van der Waals surface area (Å²) in [6, 6.07) is 1.33. The lowest BCUT2D eigenvalue weighted by Gasteiger charge is -2.22. The molecule has 2 heterocycles. The van der Waals surface area contributed by atoms with E-state index in [9.17, 15) is 8.42 Å². The molecule has 9 heteroatoms. The van der Waals surface area contributed by atoms with E-state index >= 15 is 0 Å². The molecule has 1 atom stereocenters. The molecule has 0 spiro atoms. The van der Waals surface area contributed by atoms with Gasteiger partial charge in [-0.15, -0.1) is 12.4 Å². The summed E-state index contributed by atoms with van der Waals surface area (Å²) < 4.78 is 26.4. The van der Waals surface area contributed by atoms with Gasteiger partial charge in [-0.05, 0) is 24.4 Å². The highest BCUT2D eigenvalue weighted by molar-refractivity contribution is 7.89. The fraction of sp³-hybridized carbons (Fsp3) is 0.545. The van der Waals surface area contributed by atoms with Gasteiger partial charge in [0.25, 0.3) is 0 Å². The summed E-state index contributed by atoms with van der Waals surface area (Å²) in [5.74, 6) is -0.0363. The lowest BCUT2D eigenvalue weighted by molar-refractivity contribution is 0.349. The molecule has 0 bridgehead atoms. The zero-order valence-corrected chi connectivity index (χ0v) is 13.4. The molecule has 0 saturated carbocycles. The third-order valence-corrected chi connectivity index (χ3v) is 5.56. The SMILES string of the molecule is CC1(CN)CCN(S(=O)(=O)c2cc(Cl)cnc2N)C1.Cl. The zero-order chi connectivity index (χ0) is 14.3. The van der Waals surface area contributed by atoms with Gasteiger partial charge in [0.2, 0.25) is 10.0 Å². The van der Waals surface area contributed by atoms with E-state index in [-0.39, 0.29) is 33.6 Å². The molecule has 0 radical (unpaired) electrons. The monoisotopic (exact) mass is 340 g/mol. The summed E-state index contributed by atoms with van der Waals surface area (Å²) in [6.45, 7) is 3.24. The minimum Gasteiger partial charge on any atom is -0.383 e. The number of sulfonamides is 1. The van der Waals surface area contributed by atoms with Gasteiger partial charge in [-0.1, -0.05) is 18.5 Å². The third kappa shape index (κ3) is 3.17. The molecule has 0 aliphatic carbocycles. The second-order valence-corrected chi connectivity index (χ2v) is 7.48. The van der Waals surface area contributed by atoms with Crippen LogP contribution in [0, 0.1) is 5.41 Å². The quantitative estimate of drug-likeness (QED) is 0.857. The lowest BCUT2D eigenvalue weighted by atomic mass is 9.90. The maximum atomic E-state index is 12.5. The van der Waals surface area contributed by atoms with Crippen LogP contribution in [0.2, 0.25) is 5.02 Å². The van der Waals surface area contributed by atoms with Gasteiger partial charge < -0.3 is 11.5 Å². The molecule has 0 amide bonds. The molecule has 114 valence electrons. The lowest BCUT2D eigenvalue weighted by Crippen LogP contribution is -2.34. The predicted octanol–water partition coefficient (Wildman–Crippen LogP) is 1.10. The van der Waals surface area contributed by atoms with E-state index in [0.717, 1.165) is 6.42 Å². The number of pyridine rings is 1. The zero-order valence-electron chi connectivity index (χ0n) is 11.0. The average Bonchev–Trinajstić information content (AvgIpc) is 2.76. The van der Waals surface area contributed by atoms with Crippen molar-refractivity contribution >= 4 is 39.8 Å². The Balaban J connectivity index is 0.00000200. The predicted molar refractivity (Wildman–Crippen MR) is 81.4 cm³/mol. The molecule has 1 aromatic heterocycles.